The van der Waals surface area contributed by atoms with Crippen LogP contribution in [0.2, 0.25) is 0 Å². The van der Waals surface area contributed by atoms with E-state index < -0.39 is 11.2 Å². The van der Waals surface area contributed by atoms with E-state index in [0.29, 0.717) is 11.5 Å². The van der Waals surface area contributed by atoms with Crippen molar-refractivity contribution in [2.75, 3.05) is 12.1 Å². The predicted octanol–water partition coefficient (Wildman–Crippen LogP) is 0.968. The van der Waals surface area contributed by atoms with Crippen LogP contribution < -0.4 is 16.3 Å². The second-order valence-corrected chi connectivity index (χ2v) is 3.87. The Kier molecular flexibility index (Phi) is 3.61. The molecule has 98 valence electrons. The lowest BCUT2D eigenvalue weighted by molar-refractivity contribution is 0.849. The number of benzene rings is 1. The van der Waals surface area contributed by atoms with Crippen molar-refractivity contribution in [3.05, 3.63) is 57.2 Å². The Morgan fingerprint density at radius 1 is 1.26 bits per heavy atom. The van der Waals surface area contributed by atoms with Crippen molar-refractivity contribution in [3.8, 4) is 5.69 Å². The monoisotopic (exact) mass is 258 g/mol. The fourth-order valence-corrected chi connectivity index (χ4v) is 1.71. The summed E-state index contributed by atoms with van der Waals surface area (Å²) >= 11 is 0. The van der Waals surface area contributed by atoms with Gasteiger partial charge < -0.3 is 0 Å². The largest absolute Gasteiger partial charge is 0.334 e. The first-order chi connectivity index (χ1) is 9.13. The van der Waals surface area contributed by atoms with E-state index >= 15 is 0 Å². The lowest BCUT2D eigenvalue weighted by Gasteiger charge is -2.12. The van der Waals surface area contributed by atoms with Crippen molar-refractivity contribution in [3.63, 3.8) is 0 Å². The molecule has 0 bridgehead atoms. The Morgan fingerprint density at radius 3 is 2.53 bits per heavy atom. The average Bonchev–Trinajstić information content (AvgIpc) is 2.39. The Balaban J connectivity index is 2.56. The van der Waals surface area contributed by atoms with Gasteiger partial charge in [-0.05, 0) is 19.1 Å². The molecule has 0 aliphatic rings. The zero-order valence-electron chi connectivity index (χ0n) is 10.7. The first-order valence-electron chi connectivity index (χ1n) is 5.77. The molecule has 1 N–H and O–H groups in total. The number of rotatable bonds is 3. The number of nitrogens with zero attached hydrogens (tertiary/aromatic N) is 3. The number of nitrogens with one attached hydrogen (secondary N) is 1. The highest BCUT2D eigenvalue weighted by atomic mass is 16.2. The molecule has 6 nitrogen and oxygen atoms in total. The minimum absolute atomic E-state index is 0.347. The molecule has 1 heterocycles. The SMILES string of the molecule is CC=NN(C)c1cc(=O)n(-c2ccccc2)c(=O)[nH]1. The number of hydrogen-bond acceptors (Lipinski definition) is 4. The molecule has 0 saturated heterocycles. The van der Waals surface area contributed by atoms with E-state index in [1.807, 2.05) is 6.07 Å². The zero-order valence-corrected chi connectivity index (χ0v) is 10.7. The third-order valence-electron chi connectivity index (χ3n) is 2.57. The van der Waals surface area contributed by atoms with Crippen LogP contribution in [-0.2, 0) is 0 Å². The smallest absolute Gasteiger partial charge is 0.292 e. The van der Waals surface area contributed by atoms with Gasteiger partial charge in [-0.1, -0.05) is 18.2 Å². The highest BCUT2D eigenvalue weighted by Gasteiger charge is 2.08. The number of aromatic nitrogens is 2. The second kappa shape index (κ2) is 5.34. The Bertz CT molecular complexity index is 669. The van der Waals surface area contributed by atoms with Gasteiger partial charge in [0.25, 0.3) is 5.56 Å². The standard InChI is InChI=1S/C13H14N4O2/c1-3-14-16(2)11-9-12(18)17(13(19)15-11)10-7-5-4-6-8-10/h3-9H,1-2H3,(H,15,19). The predicted molar refractivity (Wildman–Crippen MR) is 75.2 cm³/mol. The Morgan fingerprint density at radius 2 is 1.95 bits per heavy atom. The Hall–Kier alpha value is -2.63. The molecule has 0 aliphatic carbocycles. The van der Waals surface area contributed by atoms with E-state index in [0.717, 1.165) is 4.57 Å². The van der Waals surface area contributed by atoms with E-state index in [2.05, 4.69) is 10.1 Å². The van der Waals surface area contributed by atoms with E-state index in [9.17, 15) is 9.59 Å². The maximum atomic E-state index is 12.0. The van der Waals surface area contributed by atoms with Gasteiger partial charge in [0.15, 0.2) is 0 Å². The van der Waals surface area contributed by atoms with Crippen LogP contribution in [0.3, 0.4) is 0 Å². The first-order valence-corrected chi connectivity index (χ1v) is 5.77. The molecular formula is C13H14N4O2. The molecule has 0 saturated carbocycles. The summed E-state index contributed by atoms with van der Waals surface area (Å²) in [5, 5.41) is 5.40. The molecule has 0 spiro atoms. The topological polar surface area (TPSA) is 70.5 Å². The van der Waals surface area contributed by atoms with Gasteiger partial charge in [-0.2, -0.15) is 5.10 Å². The molecule has 0 fully saturated rings. The molecule has 2 aromatic rings. The lowest BCUT2D eigenvalue weighted by Crippen LogP contribution is -2.34. The van der Waals surface area contributed by atoms with Crippen LogP contribution in [0, 0.1) is 0 Å². The highest BCUT2D eigenvalue weighted by molar-refractivity contribution is 5.55. The van der Waals surface area contributed by atoms with Crippen LogP contribution >= 0.6 is 0 Å². The van der Waals surface area contributed by atoms with Crippen molar-refractivity contribution < 1.29 is 0 Å². The van der Waals surface area contributed by atoms with Crippen LogP contribution in [0.15, 0.2) is 51.1 Å². The van der Waals surface area contributed by atoms with E-state index in [-0.39, 0.29) is 0 Å². The second-order valence-electron chi connectivity index (χ2n) is 3.87. The number of para-hydroxylation sites is 1. The molecular weight excluding hydrogens is 244 g/mol. The minimum atomic E-state index is -0.494. The van der Waals surface area contributed by atoms with Crippen molar-refractivity contribution in [1.82, 2.24) is 9.55 Å². The number of hydrogen-bond donors (Lipinski definition) is 1. The van der Waals surface area contributed by atoms with Crippen LogP contribution in [-0.4, -0.2) is 22.8 Å². The number of H-pyrrole nitrogens is 1. The molecule has 1 aromatic heterocycles. The lowest BCUT2D eigenvalue weighted by atomic mass is 10.3. The van der Waals surface area contributed by atoms with Gasteiger partial charge in [-0.3, -0.25) is 14.8 Å². The first kappa shape index (κ1) is 12.8. The molecule has 0 atom stereocenters. The third-order valence-corrected chi connectivity index (χ3v) is 2.57. The van der Waals surface area contributed by atoms with Gasteiger partial charge in [0.2, 0.25) is 0 Å². The molecule has 0 radical (unpaired) electrons. The fraction of sp³-hybridized carbons (Fsp3) is 0.154. The van der Waals surface area contributed by atoms with Crippen molar-refractivity contribution >= 4 is 12.0 Å². The summed E-state index contributed by atoms with van der Waals surface area (Å²) in [5.41, 5.74) is -0.364. The van der Waals surface area contributed by atoms with Crippen LogP contribution in [0.25, 0.3) is 5.69 Å². The summed E-state index contributed by atoms with van der Waals surface area (Å²) in [7, 11) is 1.65. The van der Waals surface area contributed by atoms with E-state index in [1.165, 1.54) is 11.1 Å². The van der Waals surface area contributed by atoms with E-state index in [4.69, 9.17) is 0 Å². The molecule has 0 aliphatic heterocycles. The fourth-order valence-electron chi connectivity index (χ4n) is 1.71. The summed E-state index contributed by atoms with van der Waals surface area (Å²) in [5.74, 6) is 0.347. The van der Waals surface area contributed by atoms with Crippen molar-refractivity contribution in [2.45, 2.75) is 6.92 Å². The third kappa shape index (κ3) is 2.62. The number of aromatic amines is 1. The maximum absolute atomic E-state index is 12.0. The van der Waals surface area contributed by atoms with Gasteiger partial charge in [0, 0.05) is 19.3 Å². The van der Waals surface area contributed by atoms with Crippen LogP contribution in [0.5, 0.6) is 0 Å². The highest BCUT2D eigenvalue weighted by Crippen LogP contribution is 2.05. The Labute approximate surface area is 109 Å². The molecule has 1 aromatic carbocycles. The maximum Gasteiger partial charge on any atom is 0.334 e. The summed E-state index contributed by atoms with van der Waals surface area (Å²) in [6.07, 6.45) is 1.57. The van der Waals surface area contributed by atoms with Gasteiger partial charge in [0.05, 0.1) is 5.69 Å². The number of anilines is 1. The molecule has 0 amide bonds. The molecule has 19 heavy (non-hydrogen) atoms. The molecule has 2 rings (SSSR count). The van der Waals surface area contributed by atoms with Gasteiger partial charge >= 0.3 is 5.69 Å². The van der Waals surface area contributed by atoms with Crippen LogP contribution in [0.1, 0.15) is 6.92 Å². The van der Waals surface area contributed by atoms with Crippen molar-refractivity contribution in [1.29, 1.82) is 0 Å². The summed E-state index contributed by atoms with van der Waals surface area (Å²) in [6.45, 7) is 1.75. The van der Waals surface area contributed by atoms with Crippen LogP contribution in [0.4, 0.5) is 5.82 Å². The summed E-state index contributed by atoms with van der Waals surface area (Å²) in [6, 6.07) is 10.1. The normalized spacial score (nSPS) is 10.8. The van der Waals surface area contributed by atoms with Gasteiger partial charge in [-0.15, -0.1) is 0 Å². The number of hydrazone groups is 1. The molecule has 0 unspecified atom stereocenters. The van der Waals surface area contributed by atoms with Gasteiger partial charge in [-0.25, -0.2) is 9.36 Å². The average molecular weight is 258 g/mol. The van der Waals surface area contributed by atoms with E-state index in [1.54, 1.807) is 44.5 Å². The zero-order chi connectivity index (χ0) is 13.8. The summed E-state index contributed by atoms with van der Waals surface area (Å²) in [4.78, 5) is 26.7. The van der Waals surface area contributed by atoms with Gasteiger partial charge in [0.1, 0.15) is 5.82 Å². The molecule has 6 heteroatoms. The quantitative estimate of drug-likeness (QED) is 0.658. The van der Waals surface area contributed by atoms with Crippen molar-refractivity contribution in [2.24, 2.45) is 5.10 Å². The summed E-state index contributed by atoms with van der Waals surface area (Å²) < 4.78 is 1.08. The minimum Gasteiger partial charge on any atom is -0.292 e.